The number of halogens is 1. The number of hydrogen-bond acceptors (Lipinski definition) is 4. The van der Waals surface area contributed by atoms with Crippen molar-refractivity contribution >= 4 is 23.5 Å². The number of rotatable bonds is 7. The van der Waals surface area contributed by atoms with Crippen molar-refractivity contribution in [2.75, 3.05) is 11.9 Å². The Morgan fingerprint density at radius 1 is 0.938 bits per heavy atom. The maximum atomic E-state index is 13.3. The second-order valence-corrected chi connectivity index (χ2v) is 7.28. The first-order valence-corrected chi connectivity index (χ1v) is 10.00. The molecule has 1 unspecified atom stereocenters. The molecule has 0 saturated heterocycles. The van der Waals surface area contributed by atoms with Crippen molar-refractivity contribution in [3.05, 3.63) is 101 Å². The highest BCUT2D eigenvalue weighted by atomic mass is 19.1. The minimum atomic E-state index is -1.21. The van der Waals surface area contributed by atoms with Crippen molar-refractivity contribution in [3.63, 3.8) is 0 Å². The summed E-state index contributed by atoms with van der Waals surface area (Å²) in [7, 11) is 0. The van der Waals surface area contributed by atoms with Gasteiger partial charge in [-0.3, -0.25) is 14.4 Å². The second kappa shape index (κ2) is 10.3. The fourth-order valence-electron chi connectivity index (χ4n) is 3.03. The van der Waals surface area contributed by atoms with E-state index < -0.39 is 36.2 Å². The van der Waals surface area contributed by atoms with Crippen LogP contribution in [0.3, 0.4) is 0 Å². The van der Waals surface area contributed by atoms with Crippen molar-refractivity contribution in [2.45, 2.75) is 20.0 Å². The molecular formula is C25H23FN2O4. The topological polar surface area (TPSA) is 84.5 Å². The summed E-state index contributed by atoms with van der Waals surface area (Å²) >= 11 is 0. The highest BCUT2D eigenvalue weighted by Gasteiger charge is 2.26. The molecule has 0 aliphatic heterocycles. The van der Waals surface area contributed by atoms with Crippen molar-refractivity contribution in [3.8, 4) is 0 Å². The molecule has 0 fully saturated rings. The summed E-state index contributed by atoms with van der Waals surface area (Å²) in [5.74, 6) is -2.51. The molecule has 0 radical (unpaired) electrons. The summed E-state index contributed by atoms with van der Waals surface area (Å²) in [4.78, 5) is 37.5. The number of hydrogen-bond donors (Lipinski definition) is 2. The third-order valence-electron chi connectivity index (χ3n) is 4.72. The van der Waals surface area contributed by atoms with Crippen LogP contribution in [0.15, 0.2) is 72.8 Å². The monoisotopic (exact) mass is 434 g/mol. The van der Waals surface area contributed by atoms with Crippen LogP contribution in [0.25, 0.3) is 0 Å². The highest BCUT2D eigenvalue weighted by Crippen LogP contribution is 2.22. The Morgan fingerprint density at radius 3 is 2.41 bits per heavy atom. The smallest absolute Gasteiger partial charge is 0.326 e. The van der Waals surface area contributed by atoms with Crippen molar-refractivity contribution in [1.82, 2.24) is 5.32 Å². The Labute approximate surface area is 185 Å². The highest BCUT2D eigenvalue weighted by molar-refractivity contribution is 5.98. The van der Waals surface area contributed by atoms with Gasteiger partial charge in [0.15, 0.2) is 0 Å². The average Bonchev–Trinajstić information content (AvgIpc) is 2.78. The summed E-state index contributed by atoms with van der Waals surface area (Å²) in [6.45, 7) is 3.29. The van der Waals surface area contributed by atoms with Crippen LogP contribution in [0, 0.1) is 19.7 Å². The Bertz CT molecular complexity index is 1130. The third-order valence-corrected chi connectivity index (χ3v) is 4.72. The van der Waals surface area contributed by atoms with Gasteiger partial charge >= 0.3 is 5.97 Å². The minimum absolute atomic E-state index is 0.0741. The molecule has 2 N–H and O–H groups in total. The van der Waals surface area contributed by atoms with E-state index in [9.17, 15) is 18.8 Å². The summed E-state index contributed by atoms with van der Waals surface area (Å²) in [5.41, 5.74) is 3.01. The summed E-state index contributed by atoms with van der Waals surface area (Å²) in [6.07, 6.45) is -1.21. The number of carbonyl (C=O) groups is 3. The van der Waals surface area contributed by atoms with Crippen molar-refractivity contribution in [1.29, 1.82) is 0 Å². The SMILES string of the molecule is Cc1ccc(C)c(NC(=O)C(OC(=O)CNC(=O)c2cccc(F)c2)c2ccccc2)c1. The van der Waals surface area contributed by atoms with Crippen molar-refractivity contribution < 1.29 is 23.5 Å². The number of esters is 1. The molecule has 6 nitrogen and oxygen atoms in total. The van der Waals surface area contributed by atoms with E-state index in [1.165, 1.54) is 18.2 Å². The first-order valence-electron chi connectivity index (χ1n) is 10.00. The van der Waals surface area contributed by atoms with E-state index in [0.717, 1.165) is 17.2 Å². The van der Waals surface area contributed by atoms with Gasteiger partial charge in [0, 0.05) is 16.8 Å². The van der Waals surface area contributed by atoms with Gasteiger partial charge < -0.3 is 15.4 Å². The Kier molecular flexibility index (Phi) is 7.33. The first-order chi connectivity index (χ1) is 15.3. The van der Waals surface area contributed by atoms with Crippen LogP contribution in [-0.2, 0) is 14.3 Å². The minimum Gasteiger partial charge on any atom is -0.446 e. The second-order valence-electron chi connectivity index (χ2n) is 7.28. The lowest BCUT2D eigenvalue weighted by molar-refractivity contribution is -0.153. The van der Waals surface area contributed by atoms with Crippen LogP contribution >= 0.6 is 0 Å². The Balaban J connectivity index is 1.70. The molecule has 3 aromatic carbocycles. The molecule has 0 saturated carbocycles. The Hall–Kier alpha value is -4.00. The van der Waals surface area contributed by atoms with Gasteiger partial charge in [0.25, 0.3) is 11.8 Å². The molecule has 0 aliphatic rings. The van der Waals surface area contributed by atoms with Crippen LogP contribution < -0.4 is 10.6 Å². The summed E-state index contributed by atoms with van der Waals surface area (Å²) in [5, 5.41) is 5.18. The predicted octanol–water partition coefficient (Wildman–Crippen LogP) is 4.10. The molecule has 3 aromatic rings. The molecule has 1 atom stereocenters. The van der Waals surface area contributed by atoms with Crippen LogP contribution in [-0.4, -0.2) is 24.3 Å². The zero-order chi connectivity index (χ0) is 23.1. The molecule has 0 spiro atoms. The number of benzene rings is 3. The number of aryl methyl sites for hydroxylation is 2. The standard InChI is InChI=1S/C25H23FN2O4/c1-16-11-12-17(2)21(13-16)28-25(31)23(18-7-4-3-5-8-18)32-22(29)15-27-24(30)19-9-6-10-20(26)14-19/h3-14,23H,15H2,1-2H3,(H,27,30)(H,28,31). The van der Waals surface area contributed by atoms with Gasteiger partial charge in [-0.15, -0.1) is 0 Å². The molecule has 0 heterocycles. The fraction of sp³-hybridized carbons (Fsp3) is 0.160. The number of carbonyl (C=O) groups excluding carboxylic acids is 3. The lowest BCUT2D eigenvalue weighted by Gasteiger charge is -2.19. The maximum absolute atomic E-state index is 13.3. The largest absolute Gasteiger partial charge is 0.446 e. The van der Waals surface area contributed by atoms with Gasteiger partial charge in [-0.25, -0.2) is 4.39 Å². The molecular weight excluding hydrogens is 411 g/mol. The van der Waals surface area contributed by atoms with Gasteiger partial charge in [-0.1, -0.05) is 48.5 Å². The third kappa shape index (κ3) is 6.01. The normalized spacial score (nSPS) is 11.3. The summed E-state index contributed by atoms with van der Waals surface area (Å²) in [6, 6.07) is 19.3. The van der Waals surface area contributed by atoms with Crippen LogP contribution in [0.4, 0.5) is 10.1 Å². The van der Waals surface area contributed by atoms with E-state index in [-0.39, 0.29) is 5.56 Å². The number of nitrogens with one attached hydrogen (secondary N) is 2. The first kappa shape index (κ1) is 22.7. The molecule has 2 amide bonds. The predicted molar refractivity (Wildman–Crippen MR) is 119 cm³/mol. The number of ether oxygens (including phenoxy) is 1. The number of anilines is 1. The van der Waals surface area contributed by atoms with E-state index in [1.807, 2.05) is 32.0 Å². The van der Waals surface area contributed by atoms with E-state index in [1.54, 1.807) is 30.3 Å². The lowest BCUT2D eigenvalue weighted by Crippen LogP contribution is -2.33. The zero-order valence-corrected chi connectivity index (χ0v) is 17.7. The lowest BCUT2D eigenvalue weighted by atomic mass is 10.1. The van der Waals surface area contributed by atoms with Gasteiger partial charge in [-0.05, 0) is 49.2 Å². The Morgan fingerprint density at radius 2 is 1.69 bits per heavy atom. The van der Waals surface area contributed by atoms with Crippen molar-refractivity contribution in [2.24, 2.45) is 0 Å². The molecule has 0 aliphatic carbocycles. The van der Waals surface area contributed by atoms with E-state index >= 15 is 0 Å². The van der Waals surface area contributed by atoms with Crippen LogP contribution in [0.1, 0.15) is 33.2 Å². The van der Waals surface area contributed by atoms with E-state index in [2.05, 4.69) is 10.6 Å². The molecule has 0 bridgehead atoms. The molecule has 164 valence electrons. The van der Waals surface area contributed by atoms with Gasteiger partial charge in [0.05, 0.1) is 0 Å². The molecule has 3 rings (SSSR count). The number of amides is 2. The zero-order valence-electron chi connectivity index (χ0n) is 17.7. The van der Waals surface area contributed by atoms with E-state index in [4.69, 9.17) is 4.74 Å². The quantitative estimate of drug-likeness (QED) is 0.549. The molecule has 7 heteroatoms. The van der Waals surface area contributed by atoms with Gasteiger partial charge in [0.2, 0.25) is 6.10 Å². The summed E-state index contributed by atoms with van der Waals surface area (Å²) < 4.78 is 18.7. The van der Waals surface area contributed by atoms with E-state index in [0.29, 0.717) is 11.3 Å². The van der Waals surface area contributed by atoms with Gasteiger partial charge in [-0.2, -0.15) is 0 Å². The van der Waals surface area contributed by atoms with Crippen LogP contribution in [0.5, 0.6) is 0 Å². The molecule has 0 aromatic heterocycles. The maximum Gasteiger partial charge on any atom is 0.326 e. The molecule has 32 heavy (non-hydrogen) atoms. The fourth-order valence-corrected chi connectivity index (χ4v) is 3.03. The van der Waals surface area contributed by atoms with Gasteiger partial charge in [0.1, 0.15) is 12.4 Å². The van der Waals surface area contributed by atoms with Crippen LogP contribution in [0.2, 0.25) is 0 Å². The average molecular weight is 434 g/mol.